The number of hydrogen-bond acceptors (Lipinski definition) is 4. The van der Waals surface area contributed by atoms with E-state index < -0.39 is 12.0 Å². The van der Waals surface area contributed by atoms with Crippen LogP contribution in [0, 0.1) is 17.7 Å². The first-order valence-corrected chi connectivity index (χ1v) is 16.0. The number of benzene rings is 2. The number of nitrogens with one attached hydrogen (secondary N) is 1. The minimum absolute atomic E-state index is 0.0140. The summed E-state index contributed by atoms with van der Waals surface area (Å²) in [5, 5.41) is 13.4. The van der Waals surface area contributed by atoms with E-state index in [9.17, 15) is 19.1 Å². The maximum atomic E-state index is 14.3. The summed E-state index contributed by atoms with van der Waals surface area (Å²) in [7, 11) is 0. The lowest BCUT2D eigenvalue weighted by molar-refractivity contribution is -0.145. The Morgan fingerprint density at radius 3 is 2.40 bits per heavy atom. The third-order valence-electron chi connectivity index (χ3n) is 9.87. The van der Waals surface area contributed by atoms with Crippen LogP contribution in [0.5, 0.6) is 0 Å². The molecule has 8 heteroatoms. The normalized spacial score (nSPS) is 23.5. The fourth-order valence-electron chi connectivity index (χ4n) is 7.73. The largest absolute Gasteiger partial charge is 0.480 e. The Kier molecular flexibility index (Phi) is 10.5. The average Bonchev–Trinajstić information content (AvgIpc) is 3.41. The van der Waals surface area contributed by atoms with Gasteiger partial charge in [-0.2, -0.15) is 0 Å². The first-order chi connectivity index (χ1) is 20.4. The molecule has 2 N–H and O–H groups in total. The van der Waals surface area contributed by atoms with Gasteiger partial charge in [0.2, 0.25) is 0 Å². The molecule has 42 heavy (non-hydrogen) atoms. The zero-order chi connectivity index (χ0) is 29.5. The number of carbonyl (C=O) groups excluding carboxylic acids is 1. The van der Waals surface area contributed by atoms with E-state index in [0.29, 0.717) is 19.6 Å². The highest BCUT2D eigenvalue weighted by Gasteiger charge is 2.43. The summed E-state index contributed by atoms with van der Waals surface area (Å²) in [5.41, 5.74) is 2.06. The fraction of sp³-hybridized carbons (Fsp3) is 0.588. The molecule has 3 aliphatic rings. The van der Waals surface area contributed by atoms with Gasteiger partial charge in [0, 0.05) is 57.8 Å². The fourth-order valence-corrected chi connectivity index (χ4v) is 7.73. The van der Waals surface area contributed by atoms with Crippen molar-refractivity contribution in [3.8, 4) is 0 Å². The Hall–Kier alpha value is -2.97. The number of aliphatic carboxylic acids is 1. The maximum absolute atomic E-state index is 14.3. The molecule has 7 nitrogen and oxygen atoms in total. The summed E-state index contributed by atoms with van der Waals surface area (Å²) in [6.45, 7) is 7.25. The number of nitrogens with zero attached hydrogens (tertiary/aromatic N) is 3. The van der Waals surface area contributed by atoms with Gasteiger partial charge in [0.05, 0.1) is 0 Å². The minimum atomic E-state index is -0.716. The summed E-state index contributed by atoms with van der Waals surface area (Å²) in [6, 6.07) is 16.6. The molecule has 0 bridgehead atoms. The molecule has 2 aromatic rings. The maximum Gasteiger partial charge on any atom is 0.321 e. The summed E-state index contributed by atoms with van der Waals surface area (Å²) in [6.07, 6.45) is 7.17. The van der Waals surface area contributed by atoms with Crippen LogP contribution < -0.4 is 5.32 Å². The number of hydrogen-bond donors (Lipinski definition) is 2. The van der Waals surface area contributed by atoms with E-state index in [2.05, 4.69) is 15.1 Å². The average molecular weight is 579 g/mol. The summed E-state index contributed by atoms with van der Waals surface area (Å²) >= 11 is 0. The van der Waals surface area contributed by atoms with Crippen molar-refractivity contribution in [1.29, 1.82) is 0 Å². The van der Waals surface area contributed by atoms with Gasteiger partial charge in [-0.05, 0) is 67.7 Å². The van der Waals surface area contributed by atoms with Crippen molar-refractivity contribution in [3.05, 3.63) is 71.5 Å². The van der Waals surface area contributed by atoms with Gasteiger partial charge in [0.1, 0.15) is 11.9 Å². The number of carboxylic acids is 1. The minimum Gasteiger partial charge on any atom is -0.480 e. The lowest BCUT2D eigenvalue weighted by Gasteiger charge is -2.39. The van der Waals surface area contributed by atoms with E-state index in [1.54, 1.807) is 12.1 Å². The quantitative estimate of drug-likeness (QED) is 0.386. The number of likely N-dealkylation sites (tertiary alicyclic amines) is 2. The second kappa shape index (κ2) is 14.5. The van der Waals surface area contributed by atoms with Crippen LogP contribution in [0.4, 0.5) is 9.18 Å². The van der Waals surface area contributed by atoms with Crippen molar-refractivity contribution < 1.29 is 19.1 Å². The monoisotopic (exact) mass is 578 g/mol. The molecule has 0 aromatic heterocycles. The van der Waals surface area contributed by atoms with Crippen molar-refractivity contribution in [2.75, 3.05) is 39.3 Å². The Bertz CT molecular complexity index is 1170. The van der Waals surface area contributed by atoms with E-state index in [4.69, 9.17) is 0 Å². The van der Waals surface area contributed by atoms with Crippen molar-refractivity contribution in [2.24, 2.45) is 11.8 Å². The number of carbonyl (C=O) groups is 2. The Morgan fingerprint density at radius 1 is 1.00 bits per heavy atom. The molecule has 228 valence electrons. The lowest BCUT2D eigenvalue weighted by atomic mass is 9.83. The van der Waals surface area contributed by atoms with Gasteiger partial charge in [0.25, 0.3) is 0 Å². The molecular formula is C34H47FN4O3. The van der Waals surface area contributed by atoms with E-state index in [0.717, 1.165) is 75.8 Å². The highest BCUT2D eigenvalue weighted by Crippen LogP contribution is 2.39. The zero-order valence-electron chi connectivity index (χ0n) is 25.0. The van der Waals surface area contributed by atoms with E-state index in [1.165, 1.54) is 12.5 Å². The molecule has 3 atom stereocenters. The smallest absolute Gasteiger partial charge is 0.321 e. The van der Waals surface area contributed by atoms with Gasteiger partial charge in [-0.25, -0.2) is 9.18 Å². The summed E-state index contributed by atoms with van der Waals surface area (Å²) in [5.74, 6) is -0.443. The summed E-state index contributed by atoms with van der Waals surface area (Å²) < 4.78 is 14.3. The molecule has 0 unspecified atom stereocenters. The number of rotatable bonds is 10. The van der Waals surface area contributed by atoms with Crippen LogP contribution in [0.25, 0.3) is 0 Å². The van der Waals surface area contributed by atoms with Gasteiger partial charge in [-0.1, -0.05) is 61.7 Å². The zero-order valence-corrected chi connectivity index (χ0v) is 25.0. The number of piperidine rings is 1. The molecule has 5 rings (SSSR count). The van der Waals surface area contributed by atoms with Crippen LogP contribution in [0.15, 0.2) is 54.6 Å². The first-order valence-electron chi connectivity index (χ1n) is 16.0. The molecule has 3 fully saturated rings. The van der Waals surface area contributed by atoms with Crippen LogP contribution in [0.2, 0.25) is 0 Å². The number of urea groups is 1. The molecule has 2 saturated heterocycles. The second-order valence-corrected chi connectivity index (χ2v) is 12.5. The molecular weight excluding hydrogens is 531 g/mol. The molecule has 0 radical (unpaired) electrons. The highest BCUT2D eigenvalue weighted by molar-refractivity contribution is 5.74. The lowest BCUT2D eigenvalue weighted by Crippen LogP contribution is -2.51. The third kappa shape index (κ3) is 7.51. The van der Waals surface area contributed by atoms with Crippen molar-refractivity contribution in [1.82, 2.24) is 20.0 Å². The van der Waals surface area contributed by atoms with Crippen LogP contribution >= 0.6 is 0 Å². The molecule has 1 saturated carbocycles. The SMILES string of the molecule is CCN(C(=O)NCc1ccccc1)C1CCN(C[C@H]2CN([C@@H](C(=O)O)C3CCCCC3)C[C@@H]2c2cccc(F)c2)CC1. The van der Waals surface area contributed by atoms with Gasteiger partial charge in [0.15, 0.2) is 0 Å². The Balaban J connectivity index is 1.21. The Labute approximate surface area is 250 Å². The van der Waals surface area contributed by atoms with Crippen LogP contribution in [-0.2, 0) is 11.3 Å². The second-order valence-electron chi connectivity index (χ2n) is 12.5. The van der Waals surface area contributed by atoms with Crippen LogP contribution in [0.1, 0.15) is 68.9 Å². The molecule has 2 heterocycles. The number of halogens is 1. The standard InChI is InChI=1S/C34H47FN4O3/c1-2-39(34(42)36-21-25-10-5-3-6-11-25)30-16-18-37(19-17-30)22-28-23-38(24-31(28)27-14-9-15-29(35)20-27)32(33(40)41)26-12-7-4-8-13-26/h3,5-6,9-11,14-15,20,26,28,30-32H,2,4,7-8,12-13,16-19,21-24H2,1H3,(H,36,42)(H,40,41)/t28-,31+,32+/m0/s1. The van der Waals surface area contributed by atoms with Crippen molar-refractivity contribution in [2.45, 2.75) is 76.4 Å². The summed E-state index contributed by atoms with van der Waals surface area (Å²) in [4.78, 5) is 32.2. The van der Waals surface area contributed by atoms with Gasteiger partial charge in [-0.3, -0.25) is 9.69 Å². The van der Waals surface area contributed by atoms with Crippen LogP contribution in [-0.4, -0.2) is 83.2 Å². The molecule has 2 amide bonds. The van der Waals surface area contributed by atoms with E-state index in [1.807, 2.05) is 48.2 Å². The number of carboxylic acid groups (broad SMARTS) is 1. The predicted molar refractivity (Wildman–Crippen MR) is 163 cm³/mol. The van der Waals surface area contributed by atoms with Crippen molar-refractivity contribution >= 4 is 12.0 Å². The van der Waals surface area contributed by atoms with Gasteiger partial charge < -0.3 is 20.2 Å². The first kappa shape index (κ1) is 30.5. The molecule has 2 aliphatic heterocycles. The van der Waals surface area contributed by atoms with E-state index in [-0.39, 0.29) is 35.6 Å². The van der Waals surface area contributed by atoms with Crippen LogP contribution in [0.3, 0.4) is 0 Å². The van der Waals surface area contributed by atoms with Gasteiger partial charge in [-0.15, -0.1) is 0 Å². The van der Waals surface area contributed by atoms with E-state index >= 15 is 0 Å². The molecule has 0 spiro atoms. The van der Waals surface area contributed by atoms with Gasteiger partial charge >= 0.3 is 12.0 Å². The highest BCUT2D eigenvalue weighted by atomic mass is 19.1. The third-order valence-corrected chi connectivity index (χ3v) is 9.87. The predicted octanol–water partition coefficient (Wildman–Crippen LogP) is 5.57. The Morgan fingerprint density at radius 2 is 1.74 bits per heavy atom. The molecule has 1 aliphatic carbocycles. The van der Waals surface area contributed by atoms with Crippen molar-refractivity contribution in [3.63, 3.8) is 0 Å². The number of amides is 2. The topological polar surface area (TPSA) is 76.1 Å². The molecule has 2 aromatic carbocycles.